The van der Waals surface area contributed by atoms with Crippen LogP contribution in [0.25, 0.3) is 0 Å². The quantitative estimate of drug-likeness (QED) is 0.0824. The lowest BCUT2D eigenvalue weighted by Crippen LogP contribution is -2.34. The second kappa shape index (κ2) is 16.5. The summed E-state index contributed by atoms with van der Waals surface area (Å²) in [6.45, 7) is 13.5. The van der Waals surface area contributed by atoms with Crippen molar-refractivity contribution >= 4 is 31.4 Å². The van der Waals surface area contributed by atoms with Crippen molar-refractivity contribution in [1.29, 1.82) is 0 Å². The van der Waals surface area contributed by atoms with Gasteiger partial charge in [0.05, 0.1) is 0 Å². The van der Waals surface area contributed by atoms with E-state index in [0.717, 1.165) is 24.9 Å². The van der Waals surface area contributed by atoms with Crippen molar-refractivity contribution in [3.8, 4) is 0 Å². The molecule has 3 rings (SSSR count). The van der Waals surface area contributed by atoms with Crippen LogP contribution in [0, 0.1) is 5.41 Å². The second-order valence-electron chi connectivity index (χ2n) is 13.5. The molecule has 0 atom stereocenters. The number of benzene rings is 3. The standard InChI is InChI=1S/C37H51N3O3Si/c1-7-28-13-15-32(16-14-28)36(43)40-33-12-8-11-29(25-33)26-34(41)30-17-19-31(20-18-30)35(42)39-23-10-24-44(5,6)27-37(2,3)21-9-22-38-4/h8,11-20,25,38H,7,9-10,21-24,26-27H2,1-6H3,(H,39,42)(H,40,43). The third kappa shape index (κ3) is 11.5. The molecule has 7 heteroatoms. The number of amides is 2. The fourth-order valence-corrected chi connectivity index (χ4v) is 10.1. The van der Waals surface area contributed by atoms with Gasteiger partial charge in [-0.2, -0.15) is 0 Å². The van der Waals surface area contributed by atoms with E-state index in [2.05, 4.69) is 49.8 Å². The van der Waals surface area contributed by atoms with Crippen molar-refractivity contribution in [2.75, 3.05) is 25.5 Å². The number of hydrogen-bond acceptors (Lipinski definition) is 4. The lowest BCUT2D eigenvalue weighted by molar-refractivity contribution is 0.0950. The minimum absolute atomic E-state index is 0.0448. The Morgan fingerprint density at radius 3 is 2.07 bits per heavy atom. The summed E-state index contributed by atoms with van der Waals surface area (Å²) >= 11 is 0. The van der Waals surface area contributed by atoms with Gasteiger partial charge in [0.25, 0.3) is 11.8 Å². The molecule has 0 aliphatic carbocycles. The molecule has 0 aliphatic heterocycles. The second-order valence-corrected chi connectivity index (χ2v) is 18.6. The van der Waals surface area contributed by atoms with Gasteiger partial charge in [0, 0.05) is 43.4 Å². The van der Waals surface area contributed by atoms with Crippen molar-refractivity contribution in [3.63, 3.8) is 0 Å². The molecular weight excluding hydrogens is 563 g/mol. The molecule has 0 aromatic heterocycles. The van der Waals surface area contributed by atoms with Crippen LogP contribution >= 0.6 is 0 Å². The fraction of sp³-hybridized carbons (Fsp3) is 0.432. The Morgan fingerprint density at radius 1 is 0.773 bits per heavy atom. The summed E-state index contributed by atoms with van der Waals surface area (Å²) < 4.78 is 0. The van der Waals surface area contributed by atoms with Crippen molar-refractivity contribution in [2.45, 2.75) is 78.1 Å². The van der Waals surface area contributed by atoms with Crippen LogP contribution in [0.1, 0.15) is 82.2 Å². The molecule has 0 heterocycles. The van der Waals surface area contributed by atoms with E-state index in [-0.39, 0.29) is 24.0 Å². The van der Waals surface area contributed by atoms with Crippen molar-refractivity contribution in [1.82, 2.24) is 10.6 Å². The van der Waals surface area contributed by atoms with Crippen LogP contribution in [0.5, 0.6) is 0 Å². The first kappa shape index (κ1) is 34.9. The molecule has 0 radical (unpaired) electrons. The predicted molar refractivity (Wildman–Crippen MR) is 186 cm³/mol. The largest absolute Gasteiger partial charge is 0.352 e. The minimum atomic E-state index is -1.36. The van der Waals surface area contributed by atoms with Crippen LogP contribution in [0.3, 0.4) is 0 Å². The van der Waals surface area contributed by atoms with Gasteiger partial charge in [-0.05, 0) is 92.2 Å². The summed E-state index contributed by atoms with van der Waals surface area (Å²) in [7, 11) is 0.644. The number of carbonyl (C=O) groups excluding carboxylic acids is 3. The molecule has 3 N–H and O–H groups in total. The third-order valence-corrected chi connectivity index (χ3v) is 11.8. The topological polar surface area (TPSA) is 87.3 Å². The molecule has 3 aromatic carbocycles. The van der Waals surface area contributed by atoms with Crippen LogP contribution in [0.4, 0.5) is 5.69 Å². The maximum atomic E-state index is 13.0. The first-order valence-electron chi connectivity index (χ1n) is 16.0. The van der Waals surface area contributed by atoms with Gasteiger partial charge in [0.1, 0.15) is 0 Å². The molecular formula is C37H51N3O3Si. The zero-order chi connectivity index (χ0) is 32.2. The van der Waals surface area contributed by atoms with Gasteiger partial charge in [-0.25, -0.2) is 0 Å². The smallest absolute Gasteiger partial charge is 0.255 e. The maximum absolute atomic E-state index is 13.0. The highest BCUT2D eigenvalue weighted by Gasteiger charge is 2.29. The highest BCUT2D eigenvalue weighted by atomic mass is 28.3. The molecule has 2 amide bonds. The number of carbonyl (C=O) groups is 3. The van der Waals surface area contributed by atoms with Crippen molar-refractivity contribution in [2.24, 2.45) is 5.41 Å². The number of nitrogens with one attached hydrogen (secondary N) is 3. The Bertz CT molecular complexity index is 1380. The molecule has 0 unspecified atom stereocenters. The monoisotopic (exact) mass is 613 g/mol. The Morgan fingerprint density at radius 2 is 1.41 bits per heavy atom. The van der Waals surface area contributed by atoms with Gasteiger partial charge in [0.15, 0.2) is 5.78 Å². The van der Waals surface area contributed by atoms with Crippen LogP contribution in [0.15, 0.2) is 72.8 Å². The Hall–Kier alpha value is -3.55. The third-order valence-electron chi connectivity index (χ3n) is 8.20. The first-order valence-corrected chi connectivity index (χ1v) is 19.4. The Labute approximate surface area is 265 Å². The minimum Gasteiger partial charge on any atom is -0.352 e. The molecule has 6 nitrogen and oxygen atoms in total. The molecule has 0 fully saturated rings. The number of hydrogen-bond donors (Lipinski definition) is 3. The first-order chi connectivity index (χ1) is 20.9. The normalized spacial score (nSPS) is 11.7. The summed E-state index contributed by atoms with van der Waals surface area (Å²) in [5.74, 6) is -0.337. The Kier molecular flexibility index (Phi) is 13.1. The van der Waals surface area contributed by atoms with Gasteiger partial charge >= 0.3 is 0 Å². The molecule has 0 saturated carbocycles. The lowest BCUT2D eigenvalue weighted by atomic mass is 9.90. The average molecular weight is 614 g/mol. The van der Waals surface area contributed by atoms with Gasteiger partial charge in [-0.3, -0.25) is 14.4 Å². The fourth-order valence-electron chi connectivity index (χ4n) is 6.04. The average Bonchev–Trinajstić information content (AvgIpc) is 2.99. The van der Waals surface area contributed by atoms with E-state index in [0.29, 0.717) is 34.3 Å². The van der Waals surface area contributed by atoms with E-state index in [1.807, 2.05) is 55.6 Å². The van der Waals surface area contributed by atoms with Gasteiger partial charge < -0.3 is 16.0 Å². The van der Waals surface area contributed by atoms with Crippen LogP contribution in [0.2, 0.25) is 25.2 Å². The SMILES string of the molecule is CCc1ccc(C(=O)Nc2cccc(CC(=O)c3ccc(C(=O)NCCC[Si](C)(C)CC(C)(C)CCCNC)cc3)c2)cc1. The van der Waals surface area contributed by atoms with Crippen molar-refractivity contribution < 1.29 is 14.4 Å². The van der Waals surface area contributed by atoms with Gasteiger partial charge in [0.2, 0.25) is 0 Å². The number of aryl methyl sites for hydroxylation is 1. The maximum Gasteiger partial charge on any atom is 0.255 e. The zero-order valence-corrected chi connectivity index (χ0v) is 28.5. The van der Waals surface area contributed by atoms with E-state index in [9.17, 15) is 14.4 Å². The van der Waals surface area contributed by atoms with Crippen molar-refractivity contribution in [3.05, 3.63) is 101 Å². The number of Topliss-reactive ketones (excluding diaryl/α,β-unsaturated/α-hetero) is 1. The predicted octanol–water partition coefficient (Wildman–Crippen LogP) is 7.78. The molecule has 0 spiro atoms. The number of ketones is 1. The molecule has 0 bridgehead atoms. The summed E-state index contributed by atoms with van der Waals surface area (Å²) in [5.41, 5.74) is 4.69. The molecule has 0 aliphatic rings. The van der Waals surface area contributed by atoms with E-state index in [1.54, 1.807) is 24.3 Å². The van der Waals surface area contributed by atoms with E-state index in [4.69, 9.17) is 0 Å². The summed E-state index contributed by atoms with van der Waals surface area (Å²) in [6, 6.07) is 24.3. The number of rotatable bonds is 17. The molecule has 3 aromatic rings. The van der Waals surface area contributed by atoms with Crippen LogP contribution in [-0.4, -0.2) is 45.8 Å². The summed E-state index contributed by atoms with van der Waals surface area (Å²) in [5, 5.41) is 9.23. The highest BCUT2D eigenvalue weighted by molar-refractivity contribution is 6.77. The zero-order valence-electron chi connectivity index (χ0n) is 27.5. The summed E-state index contributed by atoms with van der Waals surface area (Å²) in [4.78, 5) is 38.4. The van der Waals surface area contributed by atoms with Gasteiger partial charge in [-0.1, -0.05) is 82.4 Å². The Balaban J connectivity index is 1.46. The van der Waals surface area contributed by atoms with Gasteiger partial charge in [-0.15, -0.1) is 0 Å². The highest BCUT2D eigenvalue weighted by Crippen LogP contribution is 2.35. The summed E-state index contributed by atoms with van der Waals surface area (Å²) in [6.07, 6.45) is 4.55. The molecule has 44 heavy (non-hydrogen) atoms. The molecule has 0 saturated heterocycles. The number of anilines is 1. The molecule has 236 valence electrons. The van der Waals surface area contributed by atoms with Crippen LogP contribution in [-0.2, 0) is 12.8 Å². The lowest BCUT2D eigenvalue weighted by Gasteiger charge is -2.34. The van der Waals surface area contributed by atoms with Crippen LogP contribution < -0.4 is 16.0 Å². The van der Waals surface area contributed by atoms with E-state index >= 15 is 0 Å². The van der Waals surface area contributed by atoms with E-state index in [1.165, 1.54) is 30.5 Å². The van der Waals surface area contributed by atoms with E-state index < -0.39 is 8.07 Å².